The third-order valence-corrected chi connectivity index (χ3v) is 6.03. The van der Waals surface area contributed by atoms with Gasteiger partial charge in [-0.05, 0) is 58.8 Å². The Morgan fingerprint density at radius 2 is 1.47 bits per heavy atom. The molecule has 0 bridgehead atoms. The molecule has 154 valence electrons. The molecule has 1 N–H and O–H groups in total. The topological polar surface area (TPSA) is 49.4 Å². The summed E-state index contributed by atoms with van der Waals surface area (Å²) in [4.78, 5) is 25.6. The summed E-state index contributed by atoms with van der Waals surface area (Å²) >= 11 is 0.916. The average Bonchev–Trinajstić information content (AvgIpc) is 3.04. The minimum Gasteiger partial charge on any atom is -0.329 e. The van der Waals surface area contributed by atoms with Crippen molar-refractivity contribution in [2.75, 3.05) is 11.4 Å². The maximum absolute atomic E-state index is 11.7. The lowest BCUT2D eigenvalue weighted by Crippen LogP contribution is -2.18. The van der Waals surface area contributed by atoms with E-state index in [1.54, 1.807) is 6.08 Å². The van der Waals surface area contributed by atoms with Gasteiger partial charge in [-0.25, -0.2) is 0 Å². The van der Waals surface area contributed by atoms with Crippen LogP contribution in [-0.2, 0) is 4.79 Å². The second-order valence-electron chi connectivity index (χ2n) is 7.31. The molecule has 5 rings (SSSR count). The summed E-state index contributed by atoms with van der Waals surface area (Å²) in [7, 11) is 0. The molecule has 1 saturated heterocycles. The summed E-state index contributed by atoms with van der Waals surface area (Å²) < 4.78 is 0. The van der Waals surface area contributed by atoms with Crippen LogP contribution >= 0.6 is 11.8 Å². The Morgan fingerprint density at radius 1 is 0.844 bits per heavy atom. The maximum Gasteiger partial charge on any atom is 0.290 e. The summed E-state index contributed by atoms with van der Waals surface area (Å²) in [6.07, 6.45) is 6.00. The number of amides is 2. The number of rotatable bonds is 2. The first-order chi connectivity index (χ1) is 15.7. The molecule has 0 spiro atoms. The molecular formula is C27H18N2O2S. The first kappa shape index (κ1) is 19.9. The third kappa shape index (κ3) is 4.09. The first-order valence-corrected chi connectivity index (χ1v) is 11.0. The zero-order chi connectivity index (χ0) is 21.9. The molecule has 2 heterocycles. The van der Waals surface area contributed by atoms with E-state index in [1.807, 2.05) is 48.5 Å². The maximum atomic E-state index is 11.7. The van der Waals surface area contributed by atoms with Crippen LogP contribution in [-0.4, -0.2) is 17.7 Å². The highest BCUT2D eigenvalue weighted by Crippen LogP contribution is 2.35. The van der Waals surface area contributed by atoms with Crippen molar-refractivity contribution in [3.63, 3.8) is 0 Å². The van der Waals surface area contributed by atoms with Gasteiger partial charge in [0.05, 0.1) is 11.4 Å². The zero-order valence-electron chi connectivity index (χ0n) is 17.0. The summed E-state index contributed by atoms with van der Waals surface area (Å²) in [5.74, 6) is 6.19. The van der Waals surface area contributed by atoms with Gasteiger partial charge in [0.15, 0.2) is 0 Å². The molecule has 32 heavy (non-hydrogen) atoms. The van der Waals surface area contributed by atoms with E-state index in [0.29, 0.717) is 11.4 Å². The van der Waals surface area contributed by atoms with Crippen molar-refractivity contribution in [2.24, 2.45) is 0 Å². The lowest BCUT2D eigenvalue weighted by atomic mass is 10.1. The van der Waals surface area contributed by atoms with Crippen LogP contribution in [0.25, 0.3) is 18.2 Å². The molecule has 0 radical (unpaired) electrons. The number of thioether (sulfide) groups is 1. The minimum atomic E-state index is -0.351. The minimum absolute atomic E-state index is 0.337. The van der Waals surface area contributed by atoms with E-state index in [0.717, 1.165) is 45.4 Å². The van der Waals surface area contributed by atoms with Gasteiger partial charge < -0.3 is 4.90 Å². The number of carbonyl (C=O) groups is 2. The predicted molar refractivity (Wildman–Crippen MR) is 131 cm³/mol. The van der Waals surface area contributed by atoms with Crippen molar-refractivity contribution in [1.29, 1.82) is 0 Å². The Bertz CT molecular complexity index is 1290. The van der Waals surface area contributed by atoms with Crippen LogP contribution in [0, 0.1) is 11.8 Å². The SMILES string of the molecule is O=C1NC(=O)/C(=C\c2ccc(C#CCN3c4ccccc4C=Cc4ccccc43)cc2)S1. The fourth-order valence-electron chi connectivity index (χ4n) is 3.68. The molecule has 2 amide bonds. The Hall–Kier alpha value is -4.01. The summed E-state index contributed by atoms with van der Waals surface area (Å²) in [5.41, 5.74) is 6.33. The Labute approximate surface area is 190 Å². The monoisotopic (exact) mass is 434 g/mol. The summed E-state index contributed by atoms with van der Waals surface area (Å²) in [6.45, 7) is 0.556. The van der Waals surface area contributed by atoms with Gasteiger partial charge in [0.2, 0.25) is 0 Å². The van der Waals surface area contributed by atoms with Crippen molar-refractivity contribution in [3.8, 4) is 11.8 Å². The van der Waals surface area contributed by atoms with E-state index in [-0.39, 0.29) is 11.1 Å². The van der Waals surface area contributed by atoms with Crippen LogP contribution in [0.2, 0.25) is 0 Å². The van der Waals surface area contributed by atoms with Crippen LogP contribution in [0.4, 0.5) is 16.2 Å². The molecule has 0 unspecified atom stereocenters. The highest BCUT2D eigenvalue weighted by atomic mass is 32.2. The number of nitrogens with one attached hydrogen (secondary N) is 1. The quantitative estimate of drug-likeness (QED) is 0.416. The zero-order valence-corrected chi connectivity index (χ0v) is 17.9. The molecule has 0 saturated carbocycles. The fourth-order valence-corrected chi connectivity index (χ4v) is 4.37. The molecule has 0 aliphatic carbocycles. The van der Waals surface area contributed by atoms with E-state index < -0.39 is 0 Å². The number of fused-ring (bicyclic) bond motifs is 2. The number of para-hydroxylation sites is 2. The van der Waals surface area contributed by atoms with Crippen molar-refractivity contribution < 1.29 is 9.59 Å². The molecule has 4 nitrogen and oxygen atoms in total. The fraction of sp³-hybridized carbons (Fsp3) is 0.0370. The Kier molecular flexibility index (Phi) is 5.37. The molecule has 2 aliphatic rings. The number of hydrogen-bond donors (Lipinski definition) is 1. The van der Waals surface area contributed by atoms with Crippen LogP contribution in [0.1, 0.15) is 22.3 Å². The largest absolute Gasteiger partial charge is 0.329 e. The van der Waals surface area contributed by atoms with E-state index >= 15 is 0 Å². The van der Waals surface area contributed by atoms with Crippen molar-refractivity contribution in [1.82, 2.24) is 5.32 Å². The van der Waals surface area contributed by atoms with Gasteiger partial charge in [-0.3, -0.25) is 14.9 Å². The molecular weight excluding hydrogens is 416 g/mol. The van der Waals surface area contributed by atoms with Crippen LogP contribution in [0.15, 0.2) is 77.7 Å². The van der Waals surface area contributed by atoms with Crippen LogP contribution in [0.5, 0.6) is 0 Å². The van der Waals surface area contributed by atoms with Crippen LogP contribution in [0.3, 0.4) is 0 Å². The highest BCUT2D eigenvalue weighted by molar-refractivity contribution is 8.18. The number of benzene rings is 3. The number of nitrogens with zero attached hydrogens (tertiary/aromatic N) is 1. The van der Waals surface area contributed by atoms with Gasteiger partial charge in [0.25, 0.3) is 11.1 Å². The normalized spacial score (nSPS) is 15.5. The van der Waals surface area contributed by atoms with E-state index in [2.05, 4.69) is 58.5 Å². The van der Waals surface area contributed by atoms with Gasteiger partial charge in [-0.2, -0.15) is 0 Å². The lowest BCUT2D eigenvalue weighted by Gasteiger charge is -2.24. The second-order valence-corrected chi connectivity index (χ2v) is 8.33. The number of carbonyl (C=O) groups excluding carboxylic acids is 2. The molecule has 0 aromatic heterocycles. The smallest absolute Gasteiger partial charge is 0.290 e. The van der Waals surface area contributed by atoms with E-state index in [4.69, 9.17) is 0 Å². The van der Waals surface area contributed by atoms with Crippen LogP contribution < -0.4 is 10.2 Å². The van der Waals surface area contributed by atoms with E-state index in [1.165, 1.54) is 0 Å². The van der Waals surface area contributed by atoms with Crippen molar-refractivity contribution >= 4 is 52.5 Å². The number of anilines is 2. The Balaban J connectivity index is 1.38. The summed E-state index contributed by atoms with van der Waals surface area (Å²) in [6, 6.07) is 24.3. The first-order valence-electron chi connectivity index (χ1n) is 10.1. The molecule has 5 heteroatoms. The average molecular weight is 435 g/mol. The van der Waals surface area contributed by atoms with Gasteiger partial charge >= 0.3 is 0 Å². The lowest BCUT2D eigenvalue weighted by molar-refractivity contribution is -0.115. The van der Waals surface area contributed by atoms with E-state index in [9.17, 15) is 9.59 Å². The third-order valence-electron chi connectivity index (χ3n) is 5.22. The standard InChI is InChI=1S/C27H18N2O2S/c30-26-25(32-27(31)28-26)18-20-13-11-19(12-14-20)6-5-17-29-23-9-3-1-7-21(23)15-16-22-8-2-4-10-24(22)29/h1-4,7-16,18H,17H2,(H,28,30,31)/b25-18+. The second kappa shape index (κ2) is 8.62. The molecule has 0 atom stereocenters. The predicted octanol–water partition coefficient (Wildman–Crippen LogP) is 5.68. The highest BCUT2D eigenvalue weighted by Gasteiger charge is 2.24. The van der Waals surface area contributed by atoms with Gasteiger partial charge in [-0.1, -0.05) is 72.5 Å². The molecule has 2 aliphatic heterocycles. The van der Waals surface area contributed by atoms with Crippen molar-refractivity contribution in [2.45, 2.75) is 0 Å². The Morgan fingerprint density at radius 3 is 2.06 bits per heavy atom. The van der Waals surface area contributed by atoms with Gasteiger partial charge in [0, 0.05) is 16.9 Å². The summed E-state index contributed by atoms with van der Waals surface area (Å²) in [5, 5.41) is 1.92. The van der Waals surface area contributed by atoms with Gasteiger partial charge in [0.1, 0.15) is 0 Å². The van der Waals surface area contributed by atoms with Gasteiger partial charge in [-0.15, -0.1) is 0 Å². The molecule has 3 aromatic carbocycles. The number of imide groups is 1. The molecule has 3 aromatic rings. The number of hydrogen-bond acceptors (Lipinski definition) is 4. The van der Waals surface area contributed by atoms with Crippen molar-refractivity contribution in [3.05, 3.63) is 100.0 Å². The molecule has 1 fully saturated rings.